The molecule has 0 aromatic heterocycles. The van der Waals surface area contributed by atoms with Crippen LogP contribution in [0.5, 0.6) is 0 Å². The molecule has 0 aromatic rings. The zero-order valence-corrected chi connectivity index (χ0v) is 16.4. The summed E-state index contributed by atoms with van der Waals surface area (Å²) in [4.78, 5) is 50.3. The maximum absolute atomic E-state index is 12.6. The fourth-order valence-corrected chi connectivity index (χ4v) is 4.64. The van der Waals surface area contributed by atoms with Crippen molar-refractivity contribution < 1.29 is 38.1 Å². The Morgan fingerprint density at radius 2 is 1.04 bits per heavy atom. The summed E-state index contributed by atoms with van der Waals surface area (Å²) in [6.07, 6.45) is 1.82. The first-order chi connectivity index (χ1) is 12.7. The molecule has 0 amide bonds. The van der Waals surface area contributed by atoms with Crippen molar-refractivity contribution >= 4 is 23.9 Å². The molecule has 1 fully saturated rings. The van der Waals surface area contributed by atoms with Crippen molar-refractivity contribution in [3.05, 3.63) is 11.6 Å². The first-order valence-corrected chi connectivity index (χ1v) is 8.77. The molecule has 0 N–H and O–H groups in total. The van der Waals surface area contributed by atoms with Crippen LogP contribution in [0.4, 0.5) is 0 Å². The Bertz CT molecular complexity index is 621. The quantitative estimate of drug-likeness (QED) is 0.394. The zero-order valence-electron chi connectivity index (χ0n) is 16.4. The van der Waals surface area contributed by atoms with Crippen LogP contribution in [-0.4, -0.2) is 52.3 Å². The second-order valence-electron chi connectivity index (χ2n) is 7.12. The van der Waals surface area contributed by atoms with Gasteiger partial charge < -0.3 is 18.9 Å². The number of fused-ring (bicyclic) bond motifs is 2. The van der Waals surface area contributed by atoms with Crippen molar-refractivity contribution in [1.82, 2.24) is 0 Å². The molecule has 0 aliphatic heterocycles. The van der Waals surface area contributed by atoms with Crippen LogP contribution < -0.4 is 0 Å². The van der Waals surface area contributed by atoms with Gasteiger partial charge in [-0.25, -0.2) is 0 Å². The lowest BCUT2D eigenvalue weighted by molar-refractivity contribution is -0.183. The minimum Gasteiger partial charge on any atom is -0.469 e. The summed E-state index contributed by atoms with van der Waals surface area (Å²) in [6.45, 7) is 3.85. The van der Waals surface area contributed by atoms with Crippen LogP contribution in [0.2, 0.25) is 0 Å². The standard InChI is InChI=1S/C19H26O8/c1-8(2)9-7-10-12(16(20)24-3)14(18(22)26-5)11(9)15(19(23)27-6)13(10)17(21)25-4/h7-8,10-15H,1-6H3. The lowest BCUT2D eigenvalue weighted by atomic mass is 9.49. The van der Waals surface area contributed by atoms with Gasteiger partial charge in [-0.1, -0.05) is 25.5 Å². The third-order valence-electron chi connectivity index (χ3n) is 5.71. The van der Waals surface area contributed by atoms with E-state index in [9.17, 15) is 19.2 Å². The fraction of sp³-hybridized carbons (Fsp3) is 0.684. The molecule has 150 valence electrons. The molecule has 3 aliphatic rings. The Morgan fingerprint density at radius 1 is 0.704 bits per heavy atom. The van der Waals surface area contributed by atoms with Crippen molar-refractivity contribution in [3.63, 3.8) is 0 Å². The summed E-state index contributed by atoms with van der Waals surface area (Å²) in [5.41, 5.74) is 0.825. The van der Waals surface area contributed by atoms with E-state index in [0.29, 0.717) is 0 Å². The van der Waals surface area contributed by atoms with E-state index >= 15 is 0 Å². The maximum atomic E-state index is 12.6. The van der Waals surface area contributed by atoms with Gasteiger partial charge in [-0.2, -0.15) is 0 Å². The van der Waals surface area contributed by atoms with E-state index in [1.165, 1.54) is 28.4 Å². The highest BCUT2D eigenvalue weighted by molar-refractivity contribution is 5.90. The molecule has 3 rings (SSSR count). The largest absolute Gasteiger partial charge is 0.469 e. The maximum Gasteiger partial charge on any atom is 0.310 e. The topological polar surface area (TPSA) is 105 Å². The van der Waals surface area contributed by atoms with Crippen LogP contribution in [0, 0.1) is 41.4 Å². The average Bonchev–Trinajstić information content (AvgIpc) is 2.69. The van der Waals surface area contributed by atoms with Crippen molar-refractivity contribution in [3.8, 4) is 0 Å². The fourth-order valence-electron chi connectivity index (χ4n) is 4.64. The van der Waals surface area contributed by atoms with Gasteiger partial charge in [0.2, 0.25) is 0 Å². The van der Waals surface area contributed by atoms with Crippen LogP contribution in [0.3, 0.4) is 0 Å². The van der Waals surface area contributed by atoms with Crippen molar-refractivity contribution in [2.24, 2.45) is 41.4 Å². The highest BCUT2D eigenvalue weighted by atomic mass is 16.5. The SMILES string of the molecule is COC(=O)C1C2C=C(C(C)C)C(C1C(=O)OC)C(C(=O)OC)C2C(=O)OC. The average molecular weight is 382 g/mol. The number of carbonyl (C=O) groups is 4. The Morgan fingerprint density at radius 3 is 1.33 bits per heavy atom. The van der Waals surface area contributed by atoms with Gasteiger partial charge in [0.1, 0.15) is 0 Å². The van der Waals surface area contributed by atoms with Crippen molar-refractivity contribution in [1.29, 1.82) is 0 Å². The minimum absolute atomic E-state index is 0.00555. The Kier molecular flexibility index (Phi) is 6.28. The van der Waals surface area contributed by atoms with E-state index in [-0.39, 0.29) is 5.92 Å². The molecule has 4 unspecified atom stereocenters. The lowest BCUT2D eigenvalue weighted by Crippen LogP contribution is -2.60. The molecule has 0 spiro atoms. The molecule has 1 saturated carbocycles. The van der Waals surface area contributed by atoms with E-state index in [1.807, 2.05) is 19.9 Å². The Balaban J connectivity index is 2.74. The molecule has 0 aromatic carbocycles. The van der Waals surface area contributed by atoms with E-state index in [4.69, 9.17) is 18.9 Å². The molecular weight excluding hydrogens is 356 g/mol. The third-order valence-corrected chi connectivity index (χ3v) is 5.71. The first-order valence-electron chi connectivity index (χ1n) is 8.77. The molecule has 0 saturated heterocycles. The summed E-state index contributed by atoms with van der Waals surface area (Å²) in [5.74, 6) is -7.74. The lowest BCUT2D eigenvalue weighted by Gasteiger charge is -2.52. The van der Waals surface area contributed by atoms with Crippen molar-refractivity contribution in [2.45, 2.75) is 13.8 Å². The van der Waals surface area contributed by atoms with Gasteiger partial charge in [0.05, 0.1) is 52.1 Å². The van der Waals surface area contributed by atoms with E-state index in [2.05, 4.69) is 0 Å². The molecule has 0 radical (unpaired) electrons. The first kappa shape index (κ1) is 20.9. The zero-order chi connectivity index (χ0) is 20.5. The number of hydrogen-bond donors (Lipinski definition) is 0. The second kappa shape index (κ2) is 8.10. The highest BCUT2D eigenvalue weighted by Crippen LogP contribution is 2.57. The van der Waals surface area contributed by atoms with Crippen molar-refractivity contribution in [2.75, 3.05) is 28.4 Å². The second-order valence-corrected chi connectivity index (χ2v) is 7.12. The minimum atomic E-state index is -0.945. The summed E-state index contributed by atoms with van der Waals surface area (Å²) < 4.78 is 19.7. The summed E-state index contributed by atoms with van der Waals surface area (Å²) in [6, 6.07) is 0. The summed E-state index contributed by atoms with van der Waals surface area (Å²) in [5, 5.41) is 0. The number of ether oxygens (including phenoxy) is 4. The monoisotopic (exact) mass is 382 g/mol. The molecule has 27 heavy (non-hydrogen) atoms. The van der Waals surface area contributed by atoms with Crippen LogP contribution in [0.1, 0.15) is 13.8 Å². The van der Waals surface area contributed by atoms with Gasteiger partial charge in [-0.15, -0.1) is 0 Å². The number of carbonyl (C=O) groups excluding carboxylic acids is 4. The molecule has 8 heteroatoms. The van der Waals surface area contributed by atoms with Gasteiger partial charge in [0.25, 0.3) is 0 Å². The third kappa shape index (κ3) is 3.33. The number of esters is 4. The smallest absolute Gasteiger partial charge is 0.310 e. The summed E-state index contributed by atoms with van der Waals surface area (Å²) >= 11 is 0. The Hall–Kier alpha value is -2.38. The number of allylic oxidation sites excluding steroid dienone is 2. The van der Waals surface area contributed by atoms with Gasteiger partial charge in [0, 0.05) is 11.8 Å². The molecular formula is C19H26O8. The van der Waals surface area contributed by atoms with Gasteiger partial charge in [-0.3, -0.25) is 19.2 Å². The van der Waals surface area contributed by atoms with Gasteiger partial charge >= 0.3 is 23.9 Å². The Labute approximate surface area is 158 Å². The van der Waals surface area contributed by atoms with Crippen LogP contribution in [-0.2, 0) is 38.1 Å². The molecule has 4 atom stereocenters. The predicted molar refractivity (Wildman–Crippen MR) is 91.9 cm³/mol. The van der Waals surface area contributed by atoms with E-state index < -0.39 is 59.4 Å². The molecule has 3 aliphatic carbocycles. The van der Waals surface area contributed by atoms with E-state index in [1.54, 1.807) is 0 Å². The number of hydrogen-bond acceptors (Lipinski definition) is 8. The number of rotatable bonds is 5. The van der Waals surface area contributed by atoms with Crippen LogP contribution in [0.15, 0.2) is 11.6 Å². The van der Waals surface area contributed by atoms with Gasteiger partial charge in [0.15, 0.2) is 0 Å². The van der Waals surface area contributed by atoms with Gasteiger partial charge in [-0.05, 0) is 5.92 Å². The molecule has 8 nitrogen and oxygen atoms in total. The van der Waals surface area contributed by atoms with E-state index in [0.717, 1.165) is 5.57 Å². The predicted octanol–water partition coefficient (Wildman–Crippen LogP) is 0.985. The summed E-state index contributed by atoms with van der Waals surface area (Å²) in [7, 11) is 4.89. The molecule has 2 bridgehead atoms. The molecule has 0 heterocycles. The highest BCUT2D eigenvalue weighted by Gasteiger charge is 2.64. The van der Waals surface area contributed by atoms with Crippen LogP contribution >= 0.6 is 0 Å². The number of methoxy groups -OCH3 is 4. The van der Waals surface area contributed by atoms with Crippen LogP contribution in [0.25, 0.3) is 0 Å². The normalized spacial score (nSPS) is 31.7.